The molecular weight excluding hydrogens is 347 g/mol. The molecule has 2 rings (SSSR count). The average molecular weight is 364 g/mol. The van der Waals surface area contributed by atoms with Crippen molar-refractivity contribution in [3.8, 4) is 0 Å². The fourth-order valence-electron chi connectivity index (χ4n) is 2.34. The van der Waals surface area contributed by atoms with Gasteiger partial charge in [0.2, 0.25) is 15.9 Å². The largest absolute Gasteiger partial charge is 0.351 e. The second kappa shape index (κ2) is 6.44. The van der Waals surface area contributed by atoms with Crippen molar-refractivity contribution in [2.75, 3.05) is 28.6 Å². The lowest BCUT2D eigenvalue weighted by Gasteiger charge is -2.22. The van der Waals surface area contributed by atoms with E-state index in [4.69, 9.17) is 0 Å². The molecule has 0 radical (unpaired) electrons. The Bertz CT molecular complexity index is 807. The third kappa shape index (κ3) is 4.90. The van der Waals surface area contributed by atoms with Crippen LogP contribution in [0.2, 0.25) is 0 Å². The second-order valence-electron chi connectivity index (χ2n) is 5.42. The number of nitrogens with one attached hydrogen (secondary N) is 1. The summed E-state index contributed by atoms with van der Waals surface area (Å²) < 4.78 is 60.5. The van der Waals surface area contributed by atoms with Gasteiger partial charge in [-0.05, 0) is 24.6 Å². The summed E-state index contributed by atoms with van der Waals surface area (Å²) in [6.45, 7) is -0.543. The van der Waals surface area contributed by atoms with Gasteiger partial charge in [0.25, 0.3) is 0 Å². The Morgan fingerprint density at radius 2 is 2.13 bits per heavy atom. The van der Waals surface area contributed by atoms with E-state index in [1.54, 1.807) is 0 Å². The van der Waals surface area contributed by atoms with E-state index in [9.17, 15) is 26.0 Å². The van der Waals surface area contributed by atoms with Crippen molar-refractivity contribution in [1.82, 2.24) is 5.32 Å². The Labute approximate surface area is 134 Å². The Morgan fingerprint density at radius 1 is 1.43 bits per heavy atom. The van der Waals surface area contributed by atoms with Crippen LogP contribution in [0.3, 0.4) is 0 Å². The number of sulfonamides is 1. The van der Waals surface area contributed by atoms with Gasteiger partial charge in [-0.2, -0.15) is 0 Å². The number of carbonyl (C=O) groups is 1. The molecule has 1 aliphatic rings. The highest BCUT2D eigenvalue weighted by Crippen LogP contribution is 2.18. The van der Waals surface area contributed by atoms with Crippen molar-refractivity contribution in [2.24, 2.45) is 0 Å². The smallest absolute Gasteiger partial charge is 0.241 e. The van der Waals surface area contributed by atoms with E-state index < -0.39 is 44.2 Å². The summed E-state index contributed by atoms with van der Waals surface area (Å²) in [6, 6.07) is 4.35. The number of nitrogens with zero attached hydrogens (tertiary/aromatic N) is 1. The molecular formula is C13H17FN2O5S2. The lowest BCUT2D eigenvalue weighted by Crippen LogP contribution is -2.44. The maximum Gasteiger partial charge on any atom is 0.241 e. The highest BCUT2D eigenvalue weighted by atomic mass is 32.2. The van der Waals surface area contributed by atoms with Gasteiger partial charge in [-0.15, -0.1) is 0 Å². The van der Waals surface area contributed by atoms with Crippen molar-refractivity contribution >= 4 is 31.5 Å². The first kappa shape index (κ1) is 17.7. The highest BCUT2D eigenvalue weighted by Gasteiger charge is 2.30. The van der Waals surface area contributed by atoms with Gasteiger partial charge in [-0.1, -0.05) is 6.07 Å². The van der Waals surface area contributed by atoms with Crippen LogP contribution in [0.4, 0.5) is 10.1 Å². The van der Waals surface area contributed by atoms with Crippen molar-refractivity contribution in [2.45, 2.75) is 12.5 Å². The zero-order chi connectivity index (χ0) is 17.3. The maximum atomic E-state index is 13.3. The molecule has 23 heavy (non-hydrogen) atoms. The molecule has 0 saturated carbocycles. The van der Waals surface area contributed by atoms with E-state index in [0.717, 1.165) is 22.7 Å². The summed E-state index contributed by atoms with van der Waals surface area (Å²) in [5.74, 6) is -1.42. The van der Waals surface area contributed by atoms with E-state index in [0.29, 0.717) is 6.42 Å². The first-order valence-electron chi connectivity index (χ1n) is 6.80. The Balaban J connectivity index is 2.11. The van der Waals surface area contributed by atoms with E-state index in [2.05, 4.69) is 5.32 Å². The molecule has 1 aliphatic heterocycles. The number of anilines is 1. The van der Waals surface area contributed by atoms with Crippen LogP contribution >= 0.6 is 0 Å². The quantitative estimate of drug-likeness (QED) is 0.786. The molecule has 0 aliphatic carbocycles. The predicted octanol–water partition coefficient (Wildman–Crippen LogP) is -0.105. The van der Waals surface area contributed by atoms with Gasteiger partial charge < -0.3 is 5.32 Å². The van der Waals surface area contributed by atoms with Gasteiger partial charge in [0.1, 0.15) is 12.4 Å². The maximum absolute atomic E-state index is 13.3. The number of halogens is 1. The molecule has 1 saturated heterocycles. The van der Waals surface area contributed by atoms with E-state index in [1.165, 1.54) is 12.1 Å². The van der Waals surface area contributed by atoms with E-state index in [1.807, 2.05) is 0 Å². The number of benzene rings is 1. The van der Waals surface area contributed by atoms with Crippen LogP contribution in [0, 0.1) is 5.82 Å². The molecule has 1 N–H and O–H groups in total. The third-order valence-electron chi connectivity index (χ3n) is 3.38. The second-order valence-corrected chi connectivity index (χ2v) is 9.55. The predicted molar refractivity (Wildman–Crippen MR) is 83.8 cm³/mol. The van der Waals surface area contributed by atoms with Gasteiger partial charge in [0.05, 0.1) is 23.4 Å². The van der Waals surface area contributed by atoms with E-state index >= 15 is 0 Å². The molecule has 1 aromatic rings. The molecule has 0 bridgehead atoms. The molecule has 0 aromatic heterocycles. The van der Waals surface area contributed by atoms with Crippen LogP contribution in [0.15, 0.2) is 24.3 Å². The molecule has 10 heteroatoms. The summed E-state index contributed by atoms with van der Waals surface area (Å²) in [5.41, 5.74) is 0.0293. The summed E-state index contributed by atoms with van der Waals surface area (Å²) in [7, 11) is -6.95. The van der Waals surface area contributed by atoms with Crippen LogP contribution in [-0.4, -0.2) is 53.1 Å². The normalized spacial score (nSPS) is 20.2. The number of hydrogen-bond acceptors (Lipinski definition) is 5. The van der Waals surface area contributed by atoms with Crippen LogP contribution in [0.25, 0.3) is 0 Å². The Hall–Kier alpha value is -1.68. The first-order chi connectivity index (χ1) is 10.6. The molecule has 128 valence electrons. The minimum atomic E-state index is -3.80. The van der Waals surface area contributed by atoms with E-state index in [-0.39, 0.29) is 17.2 Å². The fraction of sp³-hybridized carbons (Fsp3) is 0.462. The van der Waals surface area contributed by atoms with Crippen LogP contribution in [-0.2, 0) is 24.7 Å². The highest BCUT2D eigenvalue weighted by molar-refractivity contribution is 7.92. The number of hydrogen-bond donors (Lipinski definition) is 1. The number of sulfone groups is 1. The zero-order valence-electron chi connectivity index (χ0n) is 12.4. The van der Waals surface area contributed by atoms with Gasteiger partial charge in [-0.3, -0.25) is 9.10 Å². The SMILES string of the molecule is CS(=O)(=O)N(CC(=O)N[C@@H]1CCS(=O)(=O)C1)c1cccc(F)c1. The summed E-state index contributed by atoms with van der Waals surface area (Å²) in [5, 5.41) is 2.50. The van der Waals surface area contributed by atoms with Crippen molar-refractivity contribution < 1.29 is 26.0 Å². The summed E-state index contributed by atoms with van der Waals surface area (Å²) in [6.07, 6.45) is 1.21. The standard InChI is InChI=1S/C13H17FN2O5S2/c1-22(18,19)16(12-4-2-3-10(14)7-12)8-13(17)15-11-5-6-23(20,21)9-11/h2-4,7,11H,5-6,8-9H2,1H3,(H,15,17)/t11-/m1/s1. The lowest BCUT2D eigenvalue weighted by atomic mass is 10.2. The molecule has 1 atom stereocenters. The van der Waals surface area contributed by atoms with Crippen LogP contribution < -0.4 is 9.62 Å². The fourth-order valence-corrected chi connectivity index (χ4v) is 4.87. The Morgan fingerprint density at radius 3 is 2.65 bits per heavy atom. The zero-order valence-corrected chi connectivity index (χ0v) is 14.0. The molecule has 1 fully saturated rings. The Kier molecular flexibility index (Phi) is 4.95. The molecule has 1 aromatic carbocycles. The van der Waals surface area contributed by atoms with Gasteiger partial charge in [-0.25, -0.2) is 21.2 Å². The number of carbonyl (C=O) groups excluding carboxylic acids is 1. The number of amides is 1. The van der Waals surface area contributed by atoms with Crippen LogP contribution in [0.1, 0.15) is 6.42 Å². The average Bonchev–Trinajstić information content (AvgIpc) is 2.74. The lowest BCUT2D eigenvalue weighted by molar-refractivity contribution is -0.120. The molecule has 0 spiro atoms. The molecule has 1 amide bonds. The number of rotatable bonds is 5. The van der Waals surface area contributed by atoms with Gasteiger partial charge in [0.15, 0.2) is 9.84 Å². The molecule has 1 heterocycles. The topological polar surface area (TPSA) is 101 Å². The monoisotopic (exact) mass is 364 g/mol. The van der Waals surface area contributed by atoms with Gasteiger partial charge in [0, 0.05) is 6.04 Å². The minimum absolute atomic E-state index is 0.00235. The minimum Gasteiger partial charge on any atom is -0.351 e. The summed E-state index contributed by atoms with van der Waals surface area (Å²) in [4.78, 5) is 12.0. The van der Waals surface area contributed by atoms with Crippen molar-refractivity contribution in [3.05, 3.63) is 30.1 Å². The van der Waals surface area contributed by atoms with Crippen LogP contribution in [0.5, 0.6) is 0 Å². The summed E-state index contributed by atoms with van der Waals surface area (Å²) >= 11 is 0. The van der Waals surface area contributed by atoms with Gasteiger partial charge >= 0.3 is 0 Å². The molecule has 7 nitrogen and oxygen atoms in total. The van der Waals surface area contributed by atoms with Crippen molar-refractivity contribution in [3.63, 3.8) is 0 Å². The molecule has 0 unspecified atom stereocenters. The van der Waals surface area contributed by atoms with Crippen molar-refractivity contribution in [1.29, 1.82) is 0 Å². The third-order valence-corrected chi connectivity index (χ3v) is 6.29. The first-order valence-corrected chi connectivity index (χ1v) is 10.5.